The molecule has 0 spiro atoms. The van der Waals surface area contributed by atoms with Gasteiger partial charge in [0.2, 0.25) is 0 Å². The number of aromatic nitrogens is 1. The van der Waals surface area contributed by atoms with Crippen LogP contribution in [0.15, 0.2) is 54.9 Å². The zero-order valence-electron chi connectivity index (χ0n) is 13.7. The summed E-state index contributed by atoms with van der Waals surface area (Å²) in [6.07, 6.45) is 2.85. The molecule has 1 heterocycles. The Labute approximate surface area is 153 Å². The largest absolute Gasteiger partial charge is 0.354 e. The highest BCUT2D eigenvalue weighted by molar-refractivity contribution is 6.30. The molecule has 3 aromatic rings. The number of nitrogens with one attached hydrogen (secondary N) is 2. The third kappa shape index (κ3) is 3.97. The van der Waals surface area contributed by atoms with Crippen molar-refractivity contribution in [3.63, 3.8) is 0 Å². The summed E-state index contributed by atoms with van der Waals surface area (Å²) in [5, 5.41) is 5.98. The second-order valence-electron chi connectivity index (χ2n) is 5.60. The molecule has 132 valence electrons. The predicted molar refractivity (Wildman–Crippen MR) is 98.0 cm³/mol. The van der Waals surface area contributed by atoms with Crippen LogP contribution >= 0.6 is 11.6 Å². The van der Waals surface area contributed by atoms with Crippen LogP contribution in [0.5, 0.6) is 0 Å². The minimum absolute atomic E-state index is 0.157. The first kappa shape index (κ1) is 17.8. The van der Waals surface area contributed by atoms with Crippen LogP contribution in [0.1, 0.15) is 15.9 Å². The maximum atomic E-state index is 13.7. The summed E-state index contributed by atoms with van der Waals surface area (Å²) >= 11 is 5.93. The van der Waals surface area contributed by atoms with Crippen molar-refractivity contribution in [3.8, 4) is 0 Å². The average molecular weight is 374 g/mol. The highest BCUT2D eigenvalue weighted by atomic mass is 35.5. The SMILES string of the molecule is Cc1cc(Cl)ccc1Nc1cncc(C(=O)Nc2c(F)cccc2F)c1. The van der Waals surface area contributed by atoms with Gasteiger partial charge in [-0.25, -0.2) is 8.78 Å². The van der Waals surface area contributed by atoms with Crippen LogP contribution in [0.25, 0.3) is 0 Å². The molecule has 0 bridgehead atoms. The van der Waals surface area contributed by atoms with E-state index in [2.05, 4.69) is 15.6 Å². The Morgan fingerprint density at radius 1 is 1.08 bits per heavy atom. The Bertz CT molecular complexity index is 958. The number of aryl methyl sites for hydroxylation is 1. The molecule has 1 aromatic heterocycles. The molecule has 1 amide bonds. The number of amides is 1. The predicted octanol–water partition coefficient (Wildman–Crippen LogP) is 5.32. The third-order valence-corrected chi connectivity index (χ3v) is 3.90. The molecule has 0 atom stereocenters. The van der Waals surface area contributed by atoms with Crippen LogP contribution in [-0.4, -0.2) is 10.9 Å². The van der Waals surface area contributed by atoms with E-state index >= 15 is 0 Å². The number of benzene rings is 2. The van der Waals surface area contributed by atoms with Gasteiger partial charge in [0.05, 0.1) is 17.4 Å². The molecule has 0 aliphatic heterocycles. The number of hydrogen-bond donors (Lipinski definition) is 2. The minimum atomic E-state index is -0.850. The zero-order valence-corrected chi connectivity index (χ0v) is 14.4. The van der Waals surface area contributed by atoms with Crippen molar-refractivity contribution in [1.82, 2.24) is 4.98 Å². The molecule has 0 saturated carbocycles. The molecular weight excluding hydrogens is 360 g/mol. The summed E-state index contributed by atoms with van der Waals surface area (Å²) in [7, 11) is 0. The molecule has 0 fully saturated rings. The van der Waals surface area contributed by atoms with Crippen LogP contribution in [0.4, 0.5) is 25.8 Å². The zero-order chi connectivity index (χ0) is 18.7. The second kappa shape index (κ2) is 7.49. The molecule has 26 heavy (non-hydrogen) atoms. The number of rotatable bonds is 4. The highest BCUT2D eigenvalue weighted by Gasteiger charge is 2.14. The molecule has 0 radical (unpaired) electrons. The average Bonchev–Trinajstić information content (AvgIpc) is 2.61. The number of anilines is 3. The monoisotopic (exact) mass is 373 g/mol. The third-order valence-electron chi connectivity index (χ3n) is 3.67. The molecule has 2 N–H and O–H groups in total. The van der Waals surface area contributed by atoms with Crippen LogP contribution in [0, 0.1) is 18.6 Å². The van der Waals surface area contributed by atoms with E-state index in [-0.39, 0.29) is 5.56 Å². The smallest absolute Gasteiger partial charge is 0.257 e. The Morgan fingerprint density at radius 3 is 2.50 bits per heavy atom. The van der Waals surface area contributed by atoms with E-state index < -0.39 is 23.2 Å². The van der Waals surface area contributed by atoms with Crippen molar-refractivity contribution in [2.24, 2.45) is 0 Å². The summed E-state index contributed by atoms with van der Waals surface area (Å²) in [5.74, 6) is -2.37. The summed E-state index contributed by atoms with van der Waals surface area (Å²) in [4.78, 5) is 16.3. The van der Waals surface area contributed by atoms with Crippen molar-refractivity contribution in [3.05, 3.63) is 82.6 Å². The first-order chi connectivity index (χ1) is 12.4. The Balaban J connectivity index is 1.81. The van der Waals surface area contributed by atoms with Gasteiger partial charge in [0.1, 0.15) is 17.3 Å². The van der Waals surface area contributed by atoms with Crippen molar-refractivity contribution in [2.75, 3.05) is 10.6 Å². The lowest BCUT2D eigenvalue weighted by atomic mass is 10.2. The lowest BCUT2D eigenvalue weighted by Crippen LogP contribution is -2.14. The summed E-state index contributed by atoms with van der Waals surface area (Å²) < 4.78 is 27.4. The quantitative estimate of drug-likeness (QED) is 0.651. The fraction of sp³-hybridized carbons (Fsp3) is 0.0526. The van der Waals surface area contributed by atoms with E-state index in [4.69, 9.17) is 11.6 Å². The first-order valence-corrected chi connectivity index (χ1v) is 8.05. The molecule has 2 aromatic carbocycles. The number of hydrogen-bond acceptors (Lipinski definition) is 3. The van der Waals surface area contributed by atoms with Crippen molar-refractivity contribution >= 4 is 34.6 Å². The molecule has 0 unspecified atom stereocenters. The number of carbonyl (C=O) groups is 1. The van der Waals surface area contributed by atoms with E-state index in [1.54, 1.807) is 18.2 Å². The van der Waals surface area contributed by atoms with Gasteiger partial charge in [-0.2, -0.15) is 0 Å². The van der Waals surface area contributed by atoms with Gasteiger partial charge in [0.15, 0.2) is 0 Å². The maximum Gasteiger partial charge on any atom is 0.257 e. The summed E-state index contributed by atoms with van der Waals surface area (Å²) in [6.45, 7) is 1.89. The van der Waals surface area contributed by atoms with Gasteiger partial charge < -0.3 is 10.6 Å². The van der Waals surface area contributed by atoms with Crippen molar-refractivity contribution in [2.45, 2.75) is 6.92 Å². The van der Waals surface area contributed by atoms with Gasteiger partial charge in [0, 0.05) is 16.9 Å². The van der Waals surface area contributed by atoms with E-state index in [0.29, 0.717) is 10.7 Å². The number of para-hydroxylation sites is 1. The lowest BCUT2D eigenvalue weighted by Gasteiger charge is -2.11. The van der Waals surface area contributed by atoms with Gasteiger partial charge in [-0.1, -0.05) is 17.7 Å². The van der Waals surface area contributed by atoms with Gasteiger partial charge in [-0.05, 0) is 48.9 Å². The number of carbonyl (C=O) groups excluding carboxylic acids is 1. The number of halogens is 3. The van der Waals surface area contributed by atoms with Crippen molar-refractivity contribution < 1.29 is 13.6 Å². The molecule has 0 saturated heterocycles. The van der Waals surface area contributed by atoms with E-state index in [9.17, 15) is 13.6 Å². The van der Waals surface area contributed by atoms with Crippen LogP contribution in [-0.2, 0) is 0 Å². The lowest BCUT2D eigenvalue weighted by molar-refractivity contribution is 0.102. The molecule has 0 aliphatic carbocycles. The van der Waals surface area contributed by atoms with Crippen molar-refractivity contribution in [1.29, 1.82) is 0 Å². The van der Waals surface area contributed by atoms with Gasteiger partial charge in [0.25, 0.3) is 5.91 Å². The van der Waals surface area contributed by atoms with Gasteiger partial charge in [-0.3, -0.25) is 9.78 Å². The van der Waals surface area contributed by atoms with Crippen LogP contribution in [0.3, 0.4) is 0 Å². The molecule has 7 heteroatoms. The Morgan fingerprint density at radius 2 is 1.81 bits per heavy atom. The second-order valence-corrected chi connectivity index (χ2v) is 6.03. The fourth-order valence-corrected chi connectivity index (χ4v) is 2.58. The van der Waals surface area contributed by atoms with E-state index in [0.717, 1.165) is 23.4 Å². The fourth-order valence-electron chi connectivity index (χ4n) is 2.36. The van der Waals surface area contributed by atoms with Crippen LogP contribution < -0.4 is 10.6 Å². The topological polar surface area (TPSA) is 54.0 Å². The molecule has 4 nitrogen and oxygen atoms in total. The summed E-state index contributed by atoms with van der Waals surface area (Å²) in [5.41, 5.74) is 1.93. The van der Waals surface area contributed by atoms with Gasteiger partial charge >= 0.3 is 0 Å². The number of nitrogens with zero attached hydrogens (tertiary/aromatic N) is 1. The minimum Gasteiger partial charge on any atom is -0.354 e. The summed E-state index contributed by atoms with van der Waals surface area (Å²) in [6, 6.07) is 10.2. The standard InChI is InChI=1S/C19H14ClF2N3O/c1-11-7-13(20)5-6-17(11)24-14-8-12(9-23-10-14)19(26)25-18-15(21)3-2-4-16(18)22/h2-10,24H,1H3,(H,25,26). The Kier molecular flexibility index (Phi) is 5.14. The molecular formula is C19H14ClF2N3O. The van der Waals surface area contributed by atoms with E-state index in [1.165, 1.54) is 24.5 Å². The molecule has 3 rings (SSSR count). The normalized spacial score (nSPS) is 10.5. The Hall–Kier alpha value is -2.99. The van der Waals surface area contributed by atoms with Crippen LogP contribution in [0.2, 0.25) is 5.02 Å². The van der Waals surface area contributed by atoms with Gasteiger partial charge in [-0.15, -0.1) is 0 Å². The first-order valence-electron chi connectivity index (χ1n) is 7.67. The van der Waals surface area contributed by atoms with E-state index in [1.807, 2.05) is 6.92 Å². The maximum absolute atomic E-state index is 13.7. The number of pyridine rings is 1. The highest BCUT2D eigenvalue weighted by Crippen LogP contribution is 2.24. The molecule has 0 aliphatic rings.